The minimum atomic E-state index is -1.07. The van der Waals surface area contributed by atoms with Crippen molar-refractivity contribution in [1.29, 1.82) is 0 Å². The third kappa shape index (κ3) is 2.49. The van der Waals surface area contributed by atoms with Gasteiger partial charge in [-0.2, -0.15) is 5.10 Å². The fourth-order valence-electron chi connectivity index (χ4n) is 2.28. The van der Waals surface area contributed by atoms with E-state index in [2.05, 4.69) is 5.10 Å². The van der Waals surface area contributed by atoms with Crippen molar-refractivity contribution < 1.29 is 9.90 Å². The molecule has 3 rings (SSSR count). The smallest absolute Gasteiger partial charge is 0.356 e. The van der Waals surface area contributed by atoms with Crippen LogP contribution in [0.1, 0.15) is 16.1 Å². The molecule has 1 N–H and O–H groups in total. The predicted molar refractivity (Wildman–Crippen MR) is 85.7 cm³/mol. The van der Waals surface area contributed by atoms with Crippen LogP contribution in [-0.4, -0.2) is 20.9 Å². The molecule has 0 saturated carbocycles. The molecule has 5 heteroatoms. The molecule has 3 aromatic rings. The maximum Gasteiger partial charge on any atom is 0.356 e. The number of hydrogen-bond acceptors (Lipinski definition) is 2. The molecular formula is C17H13ClN2O2. The first-order valence-corrected chi connectivity index (χ1v) is 7.10. The summed E-state index contributed by atoms with van der Waals surface area (Å²) in [5.41, 5.74) is 3.11. The number of nitrogens with zero attached hydrogens (tertiary/aromatic N) is 2. The van der Waals surface area contributed by atoms with Gasteiger partial charge in [-0.15, -0.1) is 0 Å². The Kier molecular flexibility index (Phi) is 3.69. The Morgan fingerprint density at radius 3 is 2.55 bits per heavy atom. The van der Waals surface area contributed by atoms with Gasteiger partial charge in [0.25, 0.3) is 0 Å². The molecule has 0 saturated heterocycles. The molecule has 110 valence electrons. The number of aromatic carboxylic acids is 1. The third-order valence-electron chi connectivity index (χ3n) is 3.40. The topological polar surface area (TPSA) is 55.1 Å². The molecule has 0 fully saturated rings. The van der Waals surface area contributed by atoms with Crippen molar-refractivity contribution in [2.24, 2.45) is 0 Å². The quantitative estimate of drug-likeness (QED) is 0.788. The number of aromatic nitrogens is 2. The van der Waals surface area contributed by atoms with Crippen molar-refractivity contribution in [3.63, 3.8) is 0 Å². The molecule has 0 spiro atoms. The van der Waals surface area contributed by atoms with Gasteiger partial charge in [-0.1, -0.05) is 54.1 Å². The van der Waals surface area contributed by atoms with Crippen LogP contribution in [0.25, 0.3) is 16.9 Å². The number of carboxylic acids is 1. The molecule has 0 aliphatic carbocycles. The molecule has 0 aliphatic heterocycles. The Bertz CT molecular complexity index is 841. The SMILES string of the molecule is Cc1cccc(-n2nc(C(=O)O)cc2-c2ccccc2)c1Cl. The summed E-state index contributed by atoms with van der Waals surface area (Å²) in [6.07, 6.45) is 0. The lowest BCUT2D eigenvalue weighted by molar-refractivity contribution is 0.0690. The van der Waals surface area contributed by atoms with Gasteiger partial charge in [-0.25, -0.2) is 9.48 Å². The van der Waals surface area contributed by atoms with Crippen molar-refractivity contribution in [2.45, 2.75) is 6.92 Å². The van der Waals surface area contributed by atoms with Crippen LogP contribution in [0.2, 0.25) is 5.02 Å². The van der Waals surface area contributed by atoms with Gasteiger partial charge >= 0.3 is 5.97 Å². The molecule has 1 heterocycles. The standard InChI is InChI=1S/C17H13ClN2O2/c1-11-6-5-9-14(16(11)18)20-15(10-13(19-20)17(21)22)12-7-3-2-4-8-12/h2-10H,1H3,(H,21,22). The summed E-state index contributed by atoms with van der Waals surface area (Å²) in [4.78, 5) is 11.3. The highest BCUT2D eigenvalue weighted by atomic mass is 35.5. The molecule has 0 aliphatic rings. The molecule has 1 aromatic heterocycles. The van der Waals surface area contributed by atoms with E-state index in [1.54, 1.807) is 10.7 Å². The van der Waals surface area contributed by atoms with Crippen LogP contribution < -0.4 is 0 Å². The Hall–Kier alpha value is -2.59. The molecule has 0 radical (unpaired) electrons. The van der Waals surface area contributed by atoms with Crippen LogP contribution in [0.3, 0.4) is 0 Å². The van der Waals surface area contributed by atoms with Crippen LogP contribution in [-0.2, 0) is 0 Å². The number of aryl methyl sites for hydroxylation is 1. The largest absolute Gasteiger partial charge is 0.476 e. The highest BCUT2D eigenvalue weighted by molar-refractivity contribution is 6.33. The molecule has 2 aromatic carbocycles. The number of carbonyl (C=O) groups is 1. The second kappa shape index (κ2) is 5.66. The predicted octanol–water partition coefficient (Wildman–Crippen LogP) is 4.20. The minimum Gasteiger partial charge on any atom is -0.476 e. The van der Waals surface area contributed by atoms with E-state index in [-0.39, 0.29) is 5.69 Å². The molecule has 4 nitrogen and oxygen atoms in total. The van der Waals surface area contributed by atoms with Gasteiger partial charge in [0.05, 0.1) is 16.4 Å². The van der Waals surface area contributed by atoms with Gasteiger partial charge in [0.15, 0.2) is 5.69 Å². The van der Waals surface area contributed by atoms with Crippen molar-refractivity contribution in [3.05, 3.63) is 70.9 Å². The molecule has 0 amide bonds. The lowest BCUT2D eigenvalue weighted by Gasteiger charge is -2.10. The molecule has 0 unspecified atom stereocenters. The number of rotatable bonds is 3. The van der Waals surface area contributed by atoms with E-state index in [9.17, 15) is 9.90 Å². The Morgan fingerprint density at radius 2 is 1.86 bits per heavy atom. The first kappa shape index (κ1) is 14.4. The molecule has 0 bridgehead atoms. The van der Waals surface area contributed by atoms with Gasteiger partial charge in [-0.3, -0.25) is 0 Å². The molecule has 22 heavy (non-hydrogen) atoms. The third-order valence-corrected chi connectivity index (χ3v) is 3.89. The summed E-state index contributed by atoms with van der Waals surface area (Å²) in [7, 11) is 0. The second-order valence-corrected chi connectivity index (χ2v) is 5.28. The summed E-state index contributed by atoms with van der Waals surface area (Å²) < 4.78 is 1.58. The summed E-state index contributed by atoms with van der Waals surface area (Å²) in [6.45, 7) is 1.90. The number of halogens is 1. The van der Waals surface area contributed by atoms with Crippen molar-refractivity contribution in [3.8, 4) is 16.9 Å². The average Bonchev–Trinajstić information content (AvgIpc) is 2.96. The van der Waals surface area contributed by atoms with Crippen LogP contribution in [0.5, 0.6) is 0 Å². The Labute approximate surface area is 132 Å². The van der Waals surface area contributed by atoms with E-state index < -0.39 is 5.97 Å². The maximum absolute atomic E-state index is 11.3. The van der Waals surface area contributed by atoms with E-state index >= 15 is 0 Å². The van der Waals surface area contributed by atoms with Crippen molar-refractivity contribution >= 4 is 17.6 Å². The van der Waals surface area contributed by atoms with E-state index in [1.807, 2.05) is 55.5 Å². The number of benzene rings is 2. The van der Waals surface area contributed by atoms with Crippen molar-refractivity contribution in [1.82, 2.24) is 9.78 Å². The van der Waals surface area contributed by atoms with E-state index in [0.717, 1.165) is 11.1 Å². The summed E-state index contributed by atoms with van der Waals surface area (Å²) >= 11 is 6.37. The Balaban J connectivity index is 2.26. The minimum absolute atomic E-state index is 0.0172. The van der Waals surface area contributed by atoms with E-state index in [1.165, 1.54) is 0 Å². The molecule has 0 atom stereocenters. The van der Waals surface area contributed by atoms with Crippen LogP contribution in [0.4, 0.5) is 0 Å². The lowest BCUT2D eigenvalue weighted by atomic mass is 10.1. The zero-order chi connectivity index (χ0) is 15.7. The van der Waals surface area contributed by atoms with E-state index in [4.69, 9.17) is 11.6 Å². The maximum atomic E-state index is 11.3. The van der Waals surface area contributed by atoms with Crippen molar-refractivity contribution in [2.75, 3.05) is 0 Å². The highest BCUT2D eigenvalue weighted by Crippen LogP contribution is 2.29. The fraction of sp³-hybridized carbons (Fsp3) is 0.0588. The number of carboxylic acid groups (broad SMARTS) is 1. The molecular weight excluding hydrogens is 300 g/mol. The van der Waals surface area contributed by atoms with Crippen LogP contribution >= 0.6 is 11.6 Å². The fourth-order valence-corrected chi connectivity index (χ4v) is 2.49. The lowest BCUT2D eigenvalue weighted by Crippen LogP contribution is -2.03. The monoisotopic (exact) mass is 312 g/mol. The van der Waals surface area contributed by atoms with Crippen LogP contribution in [0, 0.1) is 6.92 Å². The summed E-state index contributed by atoms with van der Waals surface area (Å²) in [6, 6.07) is 16.6. The zero-order valence-electron chi connectivity index (χ0n) is 11.8. The van der Waals surface area contributed by atoms with Gasteiger partial charge < -0.3 is 5.11 Å². The van der Waals surface area contributed by atoms with Gasteiger partial charge in [0.2, 0.25) is 0 Å². The second-order valence-electron chi connectivity index (χ2n) is 4.91. The number of hydrogen-bond donors (Lipinski definition) is 1. The highest BCUT2D eigenvalue weighted by Gasteiger charge is 2.17. The van der Waals surface area contributed by atoms with Gasteiger partial charge in [0.1, 0.15) is 0 Å². The van der Waals surface area contributed by atoms with E-state index in [0.29, 0.717) is 16.4 Å². The average molecular weight is 313 g/mol. The van der Waals surface area contributed by atoms with Gasteiger partial charge in [0, 0.05) is 5.56 Å². The van der Waals surface area contributed by atoms with Crippen LogP contribution in [0.15, 0.2) is 54.6 Å². The van der Waals surface area contributed by atoms with Gasteiger partial charge in [-0.05, 0) is 24.6 Å². The normalized spacial score (nSPS) is 10.6. The summed E-state index contributed by atoms with van der Waals surface area (Å²) in [5, 5.41) is 14.0. The first-order valence-electron chi connectivity index (χ1n) is 6.72. The first-order chi connectivity index (χ1) is 10.6. The Morgan fingerprint density at radius 1 is 1.14 bits per heavy atom. The zero-order valence-corrected chi connectivity index (χ0v) is 12.6. The summed E-state index contributed by atoms with van der Waals surface area (Å²) in [5.74, 6) is -1.07.